The molecule has 0 aromatic heterocycles. The first-order valence-electron chi connectivity index (χ1n) is 4.15. The fourth-order valence-electron chi connectivity index (χ4n) is 1.35. The van der Waals surface area contributed by atoms with Crippen LogP contribution in [0.2, 0.25) is 0 Å². The molecule has 5 nitrogen and oxygen atoms in total. The summed E-state index contributed by atoms with van der Waals surface area (Å²) in [6.07, 6.45) is 0. The van der Waals surface area contributed by atoms with Gasteiger partial charge in [0.2, 0.25) is 0 Å². The van der Waals surface area contributed by atoms with Crippen LogP contribution in [0, 0.1) is 0 Å². The number of rotatable bonds is 2. The summed E-state index contributed by atoms with van der Waals surface area (Å²) in [5, 5.41) is 6.15. The highest BCUT2D eigenvalue weighted by atomic mass is 15.1. The van der Waals surface area contributed by atoms with E-state index >= 15 is 0 Å². The van der Waals surface area contributed by atoms with Gasteiger partial charge in [-0.05, 0) is 0 Å². The summed E-state index contributed by atoms with van der Waals surface area (Å²) in [6.45, 7) is 3.30. The summed E-state index contributed by atoms with van der Waals surface area (Å²) in [4.78, 5) is 8.35. The summed E-state index contributed by atoms with van der Waals surface area (Å²) in [6, 6.07) is -0.421. The van der Waals surface area contributed by atoms with Gasteiger partial charge in [-0.25, -0.2) is 5.73 Å². The Labute approximate surface area is 71.1 Å². The van der Waals surface area contributed by atoms with Crippen LogP contribution in [-0.2, 0) is 0 Å². The van der Waals surface area contributed by atoms with E-state index in [0.29, 0.717) is 0 Å². The first kappa shape index (κ1) is 7.54. The predicted molar refractivity (Wildman–Crippen MR) is 47.5 cm³/mol. The maximum absolute atomic E-state index is 7.78. The van der Waals surface area contributed by atoms with Crippen LogP contribution < -0.4 is 16.4 Å². The van der Waals surface area contributed by atoms with Crippen molar-refractivity contribution in [2.75, 3.05) is 26.2 Å². The molecule has 0 aromatic carbocycles. The molecule has 0 fully saturated rings. The van der Waals surface area contributed by atoms with Crippen LogP contribution in [0.4, 0.5) is 0 Å². The second-order valence-electron chi connectivity index (χ2n) is 2.82. The first-order valence-corrected chi connectivity index (χ1v) is 4.15. The lowest BCUT2D eigenvalue weighted by molar-refractivity contribution is 0.913. The molecular formula is C7H12N5. The molecule has 0 aromatic rings. The van der Waals surface area contributed by atoms with Gasteiger partial charge in [0.1, 0.15) is 17.7 Å². The Kier molecular flexibility index (Phi) is 1.95. The lowest BCUT2D eigenvalue weighted by Crippen LogP contribution is -2.43. The first-order chi connectivity index (χ1) is 5.88. The van der Waals surface area contributed by atoms with Crippen LogP contribution in [-0.4, -0.2) is 43.9 Å². The van der Waals surface area contributed by atoms with Crippen molar-refractivity contribution in [3.63, 3.8) is 0 Å². The number of nitrogens with one attached hydrogen (secondary N) is 3. The quantitative estimate of drug-likeness (QED) is 0.532. The average Bonchev–Trinajstić information content (AvgIpc) is 2.77. The molecule has 0 aliphatic carbocycles. The van der Waals surface area contributed by atoms with Crippen molar-refractivity contribution in [2.45, 2.75) is 6.04 Å². The molecule has 0 unspecified atom stereocenters. The smallest absolute Gasteiger partial charge is 0.136 e. The molecule has 0 saturated carbocycles. The Morgan fingerprint density at radius 2 is 1.58 bits per heavy atom. The summed E-state index contributed by atoms with van der Waals surface area (Å²) in [7, 11) is 0. The molecular weight excluding hydrogens is 154 g/mol. The summed E-state index contributed by atoms with van der Waals surface area (Å²) in [5.41, 5.74) is 7.78. The zero-order chi connectivity index (χ0) is 8.39. The third-order valence-electron chi connectivity index (χ3n) is 1.95. The van der Waals surface area contributed by atoms with Crippen molar-refractivity contribution in [1.29, 1.82) is 0 Å². The average molecular weight is 166 g/mol. The van der Waals surface area contributed by atoms with Gasteiger partial charge < -0.3 is 10.6 Å². The topological polar surface area (TPSA) is 72.6 Å². The van der Waals surface area contributed by atoms with Gasteiger partial charge >= 0.3 is 0 Å². The van der Waals surface area contributed by atoms with E-state index < -0.39 is 6.04 Å². The minimum atomic E-state index is -0.421. The van der Waals surface area contributed by atoms with Gasteiger partial charge in [-0.15, -0.1) is 0 Å². The molecule has 65 valence electrons. The molecule has 0 amide bonds. The Bertz CT molecular complexity index is 208. The van der Waals surface area contributed by atoms with Crippen molar-refractivity contribution < 1.29 is 0 Å². The van der Waals surface area contributed by atoms with Gasteiger partial charge in [0.15, 0.2) is 0 Å². The van der Waals surface area contributed by atoms with Gasteiger partial charge in [0.25, 0.3) is 0 Å². The molecule has 12 heavy (non-hydrogen) atoms. The van der Waals surface area contributed by atoms with Gasteiger partial charge in [0, 0.05) is 13.1 Å². The van der Waals surface area contributed by atoms with Gasteiger partial charge in [0.05, 0.1) is 13.1 Å². The van der Waals surface area contributed by atoms with Gasteiger partial charge in [-0.2, -0.15) is 0 Å². The van der Waals surface area contributed by atoms with Crippen LogP contribution in [0.15, 0.2) is 9.98 Å². The Hall–Kier alpha value is -1.10. The largest absolute Gasteiger partial charge is 0.370 e. The minimum Gasteiger partial charge on any atom is -0.370 e. The standard InChI is InChI=1S/C7H12N5/c8-5(6-9-1-2-10-6)7-11-3-4-12-7/h5,8H,1-4H2,(H,9,10)(H,11,12). The fraction of sp³-hybridized carbons (Fsp3) is 0.714. The van der Waals surface area contributed by atoms with E-state index in [0.717, 1.165) is 37.9 Å². The van der Waals surface area contributed by atoms with E-state index in [-0.39, 0.29) is 0 Å². The number of aliphatic imine (C=N–C) groups is 2. The SMILES string of the molecule is [NH]C(C1=NCCN1)C1=NCCN1. The molecule has 5 heteroatoms. The highest BCUT2D eigenvalue weighted by molar-refractivity contribution is 6.09. The summed E-state index contributed by atoms with van der Waals surface area (Å²) in [5.74, 6) is 1.51. The van der Waals surface area contributed by atoms with Crippen LogP contribution in [0.1, 0.15) is 0 Å². The minimum absolute atomic E-state index is 0.421. The maximum Gasteiger partial charge on any atom is 0.136 e. The van der Waals surface area contributed by atoms with Crippen molar-refractivity contribution in [2.24, 2.45) is 9.98 Å². The monoisotopic (exact) mass is 166 g/mol. The Balaban J connectivity index is 2.03. The van der Waals surface area contributed by atoms with Crippen LogP contribution in [0.25, 0.3) is 0 Å². The lowest BCUT2D eigenvalue weighted by Gasteiger charge is -2.11. The second-order valence-corrected chi connectivity index (χ2v) is 2.82. The highest BCUT2D eigenvalue weighted by Crippen LogP contribution is 1.96. The molecule has 0 atom stereocenters. The van der Waals surface area contributed by atoms with Crippen molar-refractivity contribution >= 4 is 11.7 Å². The maximum atomic E-state index is 7.78. The van der Waals surface area contributed by atoms with Gasteiger partial charge in [-0.1, -0.05) is 0 Å². The Morgan fingerprint density at radius 1 is 1.08 bits per heavy atom. The van der Waals surface area contributed by atoms with Gasteiger partial charge in [-0.3, -0.25) is 9.98 Å². The molecule has 0 spiro atoms. The van der Waals surface area contributed by atoms with Crippen molar-refractivity contribution in [1.82, 2.24) is 16.4 Å². The van der Waals surface area contributed by atoms with E-state index in [1.54, 1.807) is 0 Å². The van der Waals surface area contributed by atoms with E-state index in [4.69, 9.17) is 5.73 Å². The molecule has 2 aliphatic heterocycles. The molecule has 0 saturated heterocycles. The normalized spacial score (nSPS) is 21.8. The second kappa shape index (κ2) is 3.10. The Morgan fingerprint density at radius 3 is 1.92 bits per heavy atom. The molecule has 2 aliphatic rings. The summed E-state index contributed by atoms with van der Waals surface area (Å²) < 4.78 is 0. The van der Waals surface area contributed by atoms with Crippen molar-refractivity contribution in [3.05, 3.63) is 0 Å². The van der Waals surface area contributed by atoms with E-state index in [1.807, 2.05) is 0 Å². The van der Waals surface area contributed by atoms with Crippen LogP contribution in [0.5, 0.6) is 0 Å². The van der Waals surface area contributed by atoms with Crippen molar-refractivity contribution in [3.8, 4) is 0 Å². The fourth-order valence-corrected chi connectivity index (χ4v) is 1.35. The van der Waals surface area contributed by atoms with Crippen LogP contribution >= 0.6 is 0 Å². The number of hydrogen-bond acceptors (Lipinski definition) is 4. The van der Waals surface area contributed by atoms with E-state index in [1.165, 1.54) is 0 Å². The lowest BCUT2D eigenvalue weighted by atomic mass is 10.2. The molecule has 2 rings (SSSR count). The zero-order valence-corrected chi connectivity index (χ0v) is 6.80. The zero-order valence-electron chi connectivity index (χ0n) is 6.80. The number of nitrogens with zero attached hydrogens (tertiary/aromatic N) is 2. The molecule has 3 N–H and O–H groups in total. The number of hydrogen-bond donors (Lipinski definition) is 2. The van der Waals surface area contributed by atoms with E-state index in [2.05, 4.69) is 20.6 Å². The van der Waals surface area contributed by atoms with E-state index in [9.17, 15) is 0 Å². The molecule has 2 heterocycles. The molecule has 1 radical (unpaired) electrons. The predicted octanol–water partition coefficient (Wildman–Crippen LogP) is -1.36. The number of amidine groups is 2. The third-order valence-corrected chi connectivity index (χ3v) is 1.95. The van der Waals surface area contributed by atoms with Crippen LogP contribution in [0.3, 0.4) is 0 Å². The third kappa shape index (κ3) is 1.27. The summed E-state index contributed by atoms with van der Waals surface area (Å²) >= 11 is 0. The highest BCUT2D eigenvalue weighted by Gasteiger charge is 2.22. The molecule has 0 bridgehead atoms.